The highest BCUT2D eigenvalue weighted by molar-refractivity contribution is 5.85. The Morgan fingerprint density at radius 1 is 1.31 bits per heavy atom. The molecule has 90 valence electrons. The van der Waals surface area contributed by atoms with Crippen molar-refractivity contribution in [3.05, 3.63) is 39.9 Å². The number of nitrogens with zero attached hydrogens (tertiary/aromatic N) is 1. The Hall–Kier alpha value is -1.27. The Morgan fingerprint density at radius 3 is 2.19 bits per heavy atom. The summed E-state index contributed by atoms with van der Waals surface area (Å²) in [5.41, 5.74) is 5.86. The van der Waals surface area contributed by atoms with Gasteiger partial charge in [0.15, 0.2) is 0 Å². The summed E-state index contributed by atoms with van der Waals surface area (Å²) in [6.45, 7) is 0. The quantitative estimate of drug-likeness (QED) is 0.662. The summed E-state index contributed by atoms with van der Waals surface area (Å²) in [5, 5.41) is 10.3. The summed E-state index contributed by atoms with van der Waals surface area (Å²) >= 11 is 0. The molecule has 0 saturated carbocycles. The van der Waals surface area contributed by atoms with Crippen molar-refractivity contribution in [2.75, 3.05) is 0 Å². The smallest absolute Gasteiger partial charge is 0.269 e. The lowest BCUT2D eigenvalue weighted by molar-refractivity contribution is -0.384. The molecule has 0 spiro atoms. The zero-order chi connectivity index (χ0) is 11.4. The van der Waals surface area contributed by atoms with E-state index in [9.17, 15) is 18.9 Å². The Balaban J connectivity index is 0.00000225. The highest BCUT2D eigenvalue weighted by Crippen LogP contribution is 2.20. The van der Waals surface area contributed by atoms with Crippen molar-refractivity contribution in [2.24, 2.45) is 5.73 Å². The summed E-state index contributed by atoms with van der Waals surface area (Å²) in [6, 6.07) is 4.50. The van der Waals surface area contributed by atoms with Crippen molar-refractivity contribution >= 4 is 18.1 Å². The first kappa shape index (κ1) is 14.7. The van der Waals surface area contributed by atoms with Gasteiger partial charge in [-0.05, 0) is 5.56 Å². The number of benzene rings is 1. The van der Waals surface area contributed by atoms with E-state index >= 15 is 0 Å². The maximum Gasteiger partial charge on any atom is 0.269 e. The van der Waals surface area contributed by atoms with E-state index < -0.39 is 23.8 Å². The van der Waals surface area contributed by atoms with Gasteiger partial charge in [0, 0.05) is 24.6 Å². The first-order valence-electron chi connectivity index (χ1n) is 4.29. The van der Waals surface area contributed by atoms with Crippen LogP contribution in [0.1, 0.15) is 18.0 Å². The van der Waals surface area contributed by atoms with Gasteiger partial charge in [-0.3, -0.25) is 10.1 Å². The summed E-state index contributed by atoms with van der Waals surface area (Å²) in [4.78, 5) is 9.76. The van der Waals surface area contributed by atoms with Crippen LogP contribution >= 0.6 is 12.4 Å². The second-order valence-corrected chi connectivity index (χ2v) is 3.08. The predicted octanol–water partition coefficient (Wildman–Crippen LogP) is 2.67. The fourth-order valence-electron chi connectivity index (χ4n) is 1.17. The number of hydrogen-bond donors (Lipinski definition) is 1. The van der Waals surface area contributed by atoms with Gasteiger partial charge in [-0.15, -0.1) is 12.4 Å². The first-order valence-corrected chi connectivity index (χ1v) is 4.29. The number of hydrogen-bond acceptors (Lipinski definition) is 3. The number of nitro benzene ring substituents is 1. The number of nitrogens with two attached hydrogens (primary N) is 1. The molecular formula is C9H11ClF2N2O2. The molecule has 1 rings (SSSR count). The van der Waals surface area contributed by atoms with E-state index in [0.29, 0.717) is 5.56 Å². The molecular weight excluding hydrogens is 242 g/mol. The normalized spacial score (nSPS) is 12.0. The van der Waals surface area contributed by atoms with E-state index in [-0.39, 0.29) is 18.1 Å². The van der Waals surface area contributed by atoms with Crippen molar-refractivity contribution < 1.29 is 13.7 Å². The highest BCUT2D eigenvalue weighted by atomic mass is 35.5. The van der Waals surface area contributed by atoms with Gasteiger partial charge in [0.2, 0.25) is 6.43 Å². The van der Waals surface area contributed by atoms with E-state index in [2.05, 4.69) is 0 Å². The molecule has 0 saturated heterocycles. The average molecular weight is 253 g/mol. The van der Waals surface area contributed by atoms with Crippen LogP contribution in [0.3, 0.4) is 0 Å². The molecule has 0 aliphatic heterocycles. The SMILES string of the molecule is Cl.N[C@@H](CC(F)F)c1ccc([N+](=O)[O-])cc1. The lowest BCUT2D eigenvalue weighted by Crippen LogP contribution is -2.13. The molecule has 7 heteroatoms. The van der Waals surface area contributed by atoms with Gasteiger partial charge in [0.1, 0.15) is 0 Å². The highest BCUT2D eigenvalue weighted by Gasteiger charge is 2.13. The van der Waals surface area contributed by atoms with Gasteiger partial charge in [0.05, 0.1) is 4.92 Å². The van der Waals surface area contributed by atoms with Gasteiger partial charge in [-0.1, -0.05) is 12.1 Å². The van der Waals surface area contributed by atoms with E-state index in [1.165, 1.54) is 24.3 Å². The molecule has 1 aromatic carbocycles. The fraction of sp³-hybridized carbons (Fsp3) is 0.333. The minimum atomic E-state index is -2.48. The molecule has 4 nitrogen and oxygen atoms in total. The topological polar surface area (TPSA) is 69.2 Å². The van der Waals surface area contributed by atoms with Gasteiger partial charge < -0.3 is 5.73 Å². The summed E-state index contributed by atoms with van der Waals surface area (Å²) in [7, 11) is 0. The molecule has 0 fully saturated rings. The summed E-state index contributed by atoms with van der Waals surface area (Å²) in [5.74, 6) is 0. The Bertz CT molecular complexity index is 346. The molecule has 0 radical (unpaired) electrons. The monoisotopic (exact) mass is 252 g/mol. The lowest BCUT2D eigenvalue weighted by Gasteiger charge is -2.10. The Labute approximate surface area is 97.0 Å². The first-order chi connectivity index (χ1) is 7.00. The molecule has 0 aliphatic carbocycles. The average Bonchev–Trinajstić information content (AvgIpc) is 2.17. The van der Waals surface area contributed by atoms with Crippen LogP contribution in [-0.2, 0) is 0 Å². The Morgan fingerprint density at radius 2 is 1.81 bits per heavy atom. The van der Waals surface area contributed by atoms with Crippen molar-refractivity contribution in [2.45, 2.75) is 18.9 Å². The Kier molecular flexibility index (Phi) is 5.84. The van der Waals surface area contributed by atoms with E-state index in [0.717, 1.165) is 0 Å². The molecule has 1 aromatic rings. The molecule has 16 heavy (non-hydrogen) atoms. The molecule has 1 atom stereocenters. The zero-order valence-corrected chi connectivity index (χ0v) is 8.99. The van der Waals surface area contributed by atoms with Crippen LogP contribution in [0.2, 0.25) is 0 Å². The van der Waals surface area contributed by atoms with Crippen LogP contribution in [0, 0.1) is 10.1 Å². The molecule has 0 aromatic heterocycles. The maximum absolute atomic E-state index is 12.0. The van der Waals surface area contributed by atoms with E-state index in [1.807, 2.05) is 0 Å². The number of halogens is 3. The van der Waals surface area contributed by atoms with E-state index in [1.54, 1.807) is 0 Å². The van der Waals surface area contributed by atoms with Crippen LogP contribution in [0.25, 0.3) is 0 Å². The third-order valence-corrected chi connectivity index (χ3v) is 1.96. The largest absolute Gasteiger partial charge is 0.324 e. The van der Waals surface area contributed by atoms with Crippen molar-refractivity contribution in [3.63, 3.8) is 0 Å². The molecule has 0 bridgehead atoms. The van der Waals surface area contributed by atoms with Crippen LogP contribution < -0.4 is 5.73 Å². The zero-order valence-electron chi connectivity index (χ0n) is 8.18. The van der Waals surface area contributed by atoms with Gasteiger partial charge >= 0.3 is 0 Å². The molecule has 0 unspecified atom stereocenters. The van der Waals surface area contributed by atoms with Crippen molar-refractivity contribution in [3.8, 4) is 0 Å². The van der Waals surface area contributed by atoms with E-state index in [4.69, 9.17) is 5.73 Å². The lowest BCUT2D eigenvalue weighted by atomic mass is 10.0. The fourth-order valence-corrected chi connectivity index (χ4v) is 1.17. The maximum atomic E-state index is 12.0. The number of nitro groups is 1. The minimum Gasteiger partial charge on any atom is -0.324 e. The van der Waals surface area contributed by atoms with Crippen LogP contribution in [-0.4, -0.2) is 11.3 Å². The number of rotatable bonds is 4. The third-order valence-electron chi connectivity index (χ3n) is 1.96. The molecule has 0 aliphatic rings. The van der Waals surface area contributed by atoms with Gasteiger partial charge in [-0.2, -0.15) is 0 Å². The number of non-ortho nitro benzene ring substituents is 1. The second kappa shape index (κ2) is 6.34. The van der Waals surface area contributed by atoms with Crippen molar-refractivity contribution in [1.29, 1.82) is 0 Å². The molecule has 2 N–H and O–H groups in total. The van der Waals surface area contributed by atoms with Crippen molar-refractivity contribution in [1.82, 2.24) is 0 Å². The minimum absolute atomic E-state index is 0. The number of alkyl halides is 2. The van der Waals surface area contributed by atoms with Crippen LogP contribution in [0.4, 0.5) is 14.5 Å². The van der Waals surface area contributed by atoms with Gasteiger partial charge in [-0.25, -0.2) is 8.78 Å². The van der Waals surface area contributed by atoms with Crippen LogP contribution in [0.5, 0.6) is 0 Å². The predicted molar refractivity (Wildman–Crippen MR) is 57.9 cm³/mol. The standard InChI is InChI=1S/C9H10F2N2O2.ClH/c10-9(11)5-8(12)6-1-3-7(4-2-6)13(14)15;/h1-4,8-9H,5,12H2;1H/t8-;/m0./s1. The summed E-state index contributed by atoms with van der Waals surface area (Å²) in [6.07, 6.45) is -2.92. The van der Waals surface area contributed by atoms with Crippen LogP contribution in [0.15, 0.2) is 24.3 Å². The molecule has 0 amide bonds. The third kappa shape index (κ3) is 4.08. The summed E-state index contributed by atoms with van der Waals surface area (Å²) < 4.78 is 24.0. The van der Waals surface area contributed by atoms with Gasteiger partial charge in [0.25, 0.3) is 5.69 Å². The molecule has 0 heterocycles. The second-order valence-electron chi connectivity index (χ2n) is 3.08.